The van der Waals surface area contributed by atoms with E-state index in [9.17, 15) is 14.0 Å². The number of halogens is 1. The van der Waals surface area contributed by atoms with Gasteiger partial charge in [-0.15, -0.1) is 0 Å². The molecule has 0 atom stereocenters. The Labute approximate surface area is 123 Å². The number of H-pyrrole nitrogens is 1. The number of rotatable bonds is 4. The van der Waals surface area contributed by atoms with Gasteiger partial charge in [0.15, 0.2) is 12.2 Å². The molecule has 0 saturated heterocycles. The summed E-state index contributed by atoms with van der Waals surface area (Å²) in [5.41, 5.74) is 1.39. The van der Waals surface area contributed by atoms with Crippen molar-refractivity contribution < 1.29 is 18.3 Å². The lowest BCUT2D eigenvalue weighted by Crippen LogP contribution is -2.20. The minimum absolute atomic E-state index is 0.217. The fourth-order valence-corrected chi connectivity index (χ4v) is 1.91. The molecule has 3 aromatic rings. The maximum atomic E-state index is 12.7. The van der Waals surface area contributed by atoms with Crippen molar-refractivity contribution in [2.45, 2.75) is 0 Å². The van der Waals surface area contributed by atoms with Crippen LogP contribution in [0.15, 0.2) is 51.7 Å². The molecule has 22 heavy (non-hydrogen) atoms. The summed E-state index contributed by atoms with van der Waals surface area (Å²) in [6.45, 7) is -0.217. The summed E-state index contributed by atoms with van der Waals surface area (Å²) in [5.74, 6) is -0.919. The van der Waals surface area contributed by atoms with Gasteiger partial charge in [0.05, 0.1) is 5.52 Å². The van der Waals surface area contributed by atoms with Crippen molar-refractivity contribution in [2.24, 2.45) is 0 Å². The number of fused-ring (bicyclic) bond motifs is 1. The summed E-state index contributed by atoms with van der Waals surface area (Å²) in [4.78, 5) is 25.3. The Bertz CT molecular complexity index is 867. The molecule has 2 aromatic carbocycles. The van der Waals surface area contributed by atoms with E-state index in [1.165, 1.54) is 24.3 Å². The Kier molecular flexibility index (Phi) is 3.61. The van der Waals surface area contributed by atoms with E-state index in [0.717, 1.165) is 0 Å². The van der Waals surface area contributed by atoms with Crippen LogP contribution in [0.3, 0.4) is 0 Å². The second kappa shape index (κ2) is 5.72. The van der Waals surface area contributed by atoms with Gasteiger partial charge in [-0.25, -0.2) is 9.18 Å². The summed E-state index contributed by atoms with van der Waals surface area (Å²) in [7, 11) is 0. The summed E-state index contributed by atoms with van der Waals surface area (Å²) < 4.78 is 22.8. The van der Waals surface area contributed by atoms with Crippen LogP contribution in [0.1, 0.15) is 0 Å². The second-order valence-corrected chi connectivity index (χ2v) is 4.52. The molecule has 0 radical (unpaired) electrons. The van der Waals surface area contributed by atoms with Crippen LogP contribution >= 0.6 is 0 Å². The molecule has 0 spiro atoms. The Morgan fingerprint density at radius 1 is 1.23 bits per heavy atom. The lowest BCUT2D eigenvalue weighted by atomic mass is 10.3. The smallest absolute Gasteiger partial charge is 0.417 e. The van der Waals surface area contributed by atoms with Gasteiger partial charge in [0.2, 0.25) is 0 Å². The molecular formula is C15H11FN2O4. The first-order chi connectivity index (χ1) is 10.6. The van der Waals surface area contributed by atoms with E-state index in [-0.39, 0.29) is 18.3 Å². The number of carbonyl (C=O) groups excluding carboxylic acids is 1. The van der Waals surface area contributed by atoms with Crippen molar-refractivity contribution >= 4 is 22.7 Å². The van der Waals surface area contributed by atoms with Crippen LogP contribution in [-0.4, -0.2) is 17.5 Å². The quantitative estimate of drug-likeness (QED) is 0.774. The number of nitrogens with one attached hydrogen (secondary N) is 2. The molecular weight excluding hydrogens is 291 g/mol. The van der Waals surface area contributed by atoms with Crippen LogP contribution in [0.5, 0.6) is 5.75 Å². The van der Waals surface area contributed by atoms with Crippen molar-refractivity contribution in [3.05, 3.63) is 58.8 Å². The van der Waals surface area contributed by atoms with E-state index in [4.69, 9.17) is 9.15 Å². The zero-order chi connectivity index (χ0) is 15.5. The first kappa shape index (κ1) is 13.9. The van der Waals surface area contributed by atoms with Crippen molar-refractivity contribution in [1.29, 1.82) is 0 Å². The SMILES string of the molecule is O=C(COc1ccc(F)cc1)Nc1ccc2oc(=O)[nH]c2c1. The van der Waals surface area contributed by atoms with Crippen LogP contribution in [-0.2, 0) is 4.79 Å². The summed E-state index contributed by atoms with van der Waals surface area (Å²) >= 11 is 0. The molecule has 0 saturated carbocycles. The van der Waals surface area contributed by atoms with Gasteiger partial charge in [-0.3, -0.25) is 9.78 Å². The van der Waals surface area contributed by atoms with Crippen LogP contribution in [0.25, 0.3) is 11.1 Å². The first-order valence-corrected chi connectivity index (χ1v) is 6.41. The van der Waals surface area contributed by atoms with Crippen molar-refractivity contribution in [2.75, 3.05) is 11.9 Å². The van der Waals surface area contributed by atoms with Gasteiger partial charge in [-0.2, -0.15) is 0 Å². The lowest BCUT2D eigenvalue weighted by molar-refractivity contribution is -0.118. The van der Waals surface area contributed by atoms with Gasteiger partial charge in [0.1, 0.15) is 11.6 Å². The van der Waals surface area contributed by atoms with Crippen LogP contribution in [0.4, 0.5) is 10.1 Å². The molecule has 6 nitrogen and oxygen atoms in total. The monoisotopic (exact) mass is 302 g/mol. The standard InChI is InChI=1S/C15H11FN2O4/c16-9-1-4-11(5-2-9)21-8-14(19)17-10-3-6-13-12(7-10)18-15(20)22-13/h1-7H,8H2,(H,17,19)(H,18,20). The first-order valence-electron chi connectivity index (χ1n) is 6.41. The number of hydrogen-bond donors (Lipinski definition) is 2. The predicted molar refractivity (Wildman–Crippen MR) is 77.4 cm³/mol. The van der Waals surface area contributed by atoms with Crippen molar-refractivity contribution in [3.63, 3.8) is 0 Å². The highest BCUT2D eigenvalue weighted by Crippen LogP contribution is 2.16. The average molecular weight is 302 g/mol. The second-order valence-electron chi connectivity index (χ2n) is 4.52. The minimum Gasteiger partial charge on any atom is -0.484 e. The Balaban J connectivity index is 1.62. The van der Waals surface area contributed by atoms with E-state index in [0.29, 0.717) is 22.5 Å². The van der Waals surface area contributed by atoms with Crippen LogP contribution in [0.2, 0.25) is 0 Å². The number of ether oxygens (including phenoxy) is 1. The van der Waals surface area contributed by atoms with Gasteiger partial charge < -0.3 is 14.5 Å². The highest BCUT2D eigenvalue weighted by molar-refractivity contribution is 5.93. The Morgan fingerprint density at radius 2 is 2.00 bits per heavy atom. The van der Waals surface area contributed by atoms with E-state index < -0.39 is 5.76 Å². The number of hydrogen-bond acceptors (Lipinski definition) is 4. The van der Waals surface area contributed by atoms with E-state index >= 15 is 0 Å². The lowest BCUT2D eigenvalue weighted by Gasteiger charge is -2.07. The van der Waals surface area contributed by atoms with Crippen LogP contribution in [0, 0.1) is 5.82 Å². The molecule has 1 aromatic heterocycles. The topological polar surface area (TPSA) is 84.3 Å². The molecule has 112 valence electrons. The molecule has 0 aliphatic carbocycles. The number of amides is 1. The zero-order valence-corrected chi connectivity index (χ0v) is 11.3. The van der Waals surface area contributed by atoms with Crippen LogP contribution < -0.4 is 15.8 Å². The van der Waals surface area contributed by atoms with E-state index in [1.54, 1.807) is 18.2 Å². The third-order valence-electron chi connectivity index (χ3n) is 2.89. The van der Waals surface area contributed by atoms with Gasteiger partial charge in [-0.05, 0) is 42.5 Å². The highest BCUT2D eigenvalue weighted by Gasteiger charge is 2.06. The highest BCUT2D eigenvalue weighted by atomic mass is 19.1. The van der Waals surface area contributed by atoms with E-state index in [1.807, 2.05) is 0 Å². The molecule has 0 fully saturated rings. The summed E-state index contributed by atoms with van der Waals surface area (Å²) in [6, 6.07) is 10.1. The van der Waals surface area contributed by atoms with Gasteiger partial charge >= 0.3 is 5.76 Å². The number of benzene rings is 2. The number of aromatic amines is 1. The molecule has 2 N–H and O–H groups in total. The fourth-order valence-electron chi connectivity index (χ4n) is 1.91. The number of aromatic nitrogens is 1. The molecule has 1 heterocycles. The number of oxazole rings is 1. The number of anilines is 1. The predicted octanol–water partition coefficient (Wildman–Crippen LogP) is 2.28. The zero-order valence-electron chi connectivity index (χ0n) is 11.3. The largest absolute Gasteiger partial charge is 0.484 e. The van der Waals surface area contributed by atoms with Crippen molar-refractivity contribution in [3.8, 4) is 5.75 Å². The maximum Gasteiger partial charge on any atom is 0.417 e. The van der Waals surface area contributed by atoms with Crippen molar-refractivity contribution in [1.82, 2.24) is 4.98 Å². The molecule has 0 aliphatic heterocycles. The van der Waals surface area contributed by atoms with Gasteiger partial charge in [-0.1, -0.05) is 0 Å². The molecule has 0 unspecified atom stereocenters. The Hall–Kier alpha value is -3.09. The van der Waals surface area contributed by atoms with E-state index in [2.05, 4.69) is 10.3 Å². The summed E-state index contributed by atoms with van der Waals surface area (Å²) in [5, 5.41) is 2.62. The third-order valence-corrected chi connectivity index (χ3v) is 2.89. The molecule has 3 rings (SSSR count). The third kappa shape index (κ3) is 3.14. The summed E-state index contributed by atoms with van der Waals surface area (Å²) in [6.07, 6.45) is 0. The minimum atomic E-state index is -0.557. The Morgan fingerprint density at radius 3 is 2.77 bits per heavy atom. The average Bonchev–Trinajstić information content (AvgIpc) is 2.86. The van der Waals surface area contributed by atoms with Gasteiger partial charge in [0.25, 0.3) is 5.91 Å². The molecule has 0 bridgehead atoms. The maximum absolute atomic E-state index is 12.7. The molecule has 1 amide bonds. The molecule has 0 aliphatic rings. The van der Waals surface area contributed by atoms with Gasteiger partial charge in [0, 0.05) is 5.69 Å². The fraction of sp³-hybridized carbons (Fsp3) is 0.0667. The normalized spacial score (nSPS) is 10.6. The number of carbonyl (C=O) groups is 1. The molecule has 7 heteroatoms.